The Morgan fingerprint density at radius 3 is 2.48 bits per heavy atom. The molecule has 3 rings (SSSR count). The summed E-state index contributed by atoms with van der Waals surface area (Å²) in [6.45, 7) is 2.99. The first-order valence-corrected chi connectivity index (χ1v) is 8.02. The van der Waals surface area contributed by atoms with E-state index in [1.807, 2.05) is 0 Å². The van der Waals surface area contributed by atoms with Crippen LogP contribution in [0.3, 0.4) is 0 Å². The Labute approximate surface area is 133 Å². The highest BCUT2D eigenvalue weighted by molar-refractivity contribution is 5.78. The molecule has 2 aliphatic rings. The Balaban J connectivity index is 1.73. The predicted molar refractivity (Wildman–Crippen MR) is 79.2 cm³/mol. The number of ether oxygens (including phenoxy) is 1. The Morgan fingerprint density at radius 1 is 1.22 bits per heavy atom. The molecule has 2 saturated carbocycles. The molecule has 0 radical (unpaired) electrons. The first-order chi connectivity index (χ1) is 10.9. The monoisotopic (exact) mass is 327 g/mol. The minimum atomic E-state index is -4.97. The van der Waals surface area contributed by atoms with Crippen LogP contribution in [0.1, 0.15) is 37.7 Å². The number of benzene rings is 1. The number of rotatable bonds is 4. The minimum Gasteiger partial charge on any atom is -0.420 e. The van der Waals surface area contributed by atoms with Gasteiger partial charge < -0.3 is 10.1 Å². The maximum atomic E-state index is 12.2. The van der Waals surface area contributed by atoms with Gasteiger partial charge in [-0.05, 0) is 55.3 Å². The predicted octanol–water partition coefficient (Wildman–Crippen LogP) is 3.65. The Bertz CT molecular complexity index is 570. The molecule has 6 heteroatoms. The molecule has 4 unspecified atom stereocenters. The number of hydrogen-bond acceptors (Lipinski definition) is 3. The van der Waals surface area contributed by atoms with Crippen LogP contribution < -0.4 is 10.1 Å². The van der Waals surface area contributed by atoms with Gasteiger partial charge in [0, 0.05) is 12.0 Å². The summed E-state index contributed by atoms with van der Waals surface area (Å²) in [4.78, 5) is 10.9. The molecule has 0 spiro atoms. The number of carbonyl (C=O) groups excluding carboxylic acids is 1. The van der Waals surface area contributed by atoms with Crippen LogP contribution in [0.5, 0.6) is 5.75 Å². The smallest absolute Gasteiger partial charge is 0.420 e. The quantitative estimate of drug-likeness (QED) is 0.678. The third kappa shape index (κ3) is 3.22. The fraction of sp³-hybridized carbons (Fsp3) is 0.588. The average molecular weight is 327 g/mol. The van der Waals surface area contributed by atoms with E-state index in [1.54, 1.807) is 12.1 Å². The number of carbonyl (C=O) groups is 1. The van der Waals surface area contributed by atoms with Gasteiger partial charge in [-0.3, -0.25) is 0 Å². The van der Waals surface area contributed by atoms with E-state index in [2.05, 4.69) is 17.0 Å². The molecule has 2 fully saturated rings. The van der Waals surface area contributed by atoms with E-state index >= 15 is 0 Å². The lowest BCUT2D eigenvalue weighted by Gasteiger charge is -2.32. The average Bonchev–Trinajstić information content (AvgIpc) is 3.09. The van der Waals surface area contributed by atoms with Gasteiger partial charge in [-0.1, -0.05) is 19.1 Å². The summed E-state index contributed by atoms with van der Waals surface area (Å²) in [7, 11) is 0. The Hall–Kier alpha value is -1.56. The molecule has 126 valence electrons. The lowest BCUT2D eigenvalue weighted by Crippen LogP contribution is -2.39. The fourth-order valence-corrected chi connectivity index (χ4v) is 4.22. The van der Waals surface area contributed by atoms with Gasteiger partial charge >= 0.3 is 12.1 Å². The molecule has 0 saturated heterocycles. The van der Waals surface area contributed by atoms with Crippen molar-refractivity contribution in [3.63, 3.8) is 0 Å². The van der Waals surface area contributed by atoms with Gasteiger partial charge in [-0.15, -0.1) is 0 Å². The molecule has 3 nitrogen and oxygen atoms in total. The largest absolute Gasteiger partial charge is 0.491 e. The highest BCUT2D eigenvalue weighted by atomic mass is 19.4. The van der Waals surface area contributed by atoms with Crippen molar-refractivity contribution in [3.05, 3.63) is 29.8 Å². The van der Waals surface area contributed by atoms with E-state index in [0.717, 1.165) is 12.1 Å². The van der Waals surface area contributed by atoms with Crippen molar-refractivity contribution in [2.75, 3.05) is 6.54 Å². The molecule has 0 aliphatic heterocycles. The molecule has 0 heterocycles. The van der Waals surface area contributed by atoms with Crippen molar-refractivity contribution in [2.45, 2.75) is 44.3 Å². The molecule has 1 aromatic carbocycles. The number of hydrogen-bond donors (Lipinski definition) is 1. The third-order valence-electron chi connectivity index (χ3n) is 5.06. The molecule has 4 atom stereocenters. The van der Waals surface area contributed by atoms with Crippen molar-refractivity contribution in [1.82, 2.24) is 5.32 Å². The highest BCUT2D eigenvalue weighted by Gasteiger charge is 2.47. The molecule has 1 aromatic rings. The van der Waals surface area contributed by atoms with Crippen LogP contribution >= 0.6 is 0 Å². The van der Waals surface area contributed by atoms with Crippen molar-refractivity contribution in [3.8, 4) is 5.75 Å². The van der Waals surface area contributed by atoms with E-state index in [0.29, 0.717) is 23.8 Å². The standard InChI is InChI=1S/C17H20F3NO2/c1-2-21-15-12-4-3-11(9-12)14(15)10-5-7-13(8-6-10)23-16(22)17(18,19)20/h5-8,11-12,14-15,21H,2-4,9H2,1H3. The topological polar surface area (TPSA) is 38.3 Å². The first-order valence-electron chi connectivity index (χ1n) is 8.02. The van der Waals surface area contributed by atoms with Gasteiger partial charge in [-0.2, -0.15) is 13.2 Å². The maximum Gasteiger partial charge on any atom is 0.491 e. The van der Waals surface area contributed by atoms with Crippen LogP contribution in [0.15, 0.2) is 24.3 Å². The van der Waals surface area contributed by atoms with Crippen LogP contribution in [-0.4, -0.2) is 24.7 Å². The zero-order chi connectivity index (χ0) is 16.6. The number of nitrogens with one attached hydrogen (secondary N) is 1. The van der Waals surface area contributed by atoms with E-state index in [9.17, 15) is 18.0 Å². The molecular weight excluding hydrogens is 307 g/mol. The zero-order valence-electron chi connectivity index (χ0n) is 12.9. The summed E-state index contributed by atoms with van der Waals surface area (Å²) in [5.41, 5.74) is 1.11. The minimum absolute atomic E-state index is 0.0702. The lowest BCUT2D eigenvalue weighted by molar-refractivity contribution is -0.189. The summed E-state index contributed by atoms with van der Waals surface area (Å²) in [6.07, 6.45) is -1.30. The van der Waals surface area contributed by atoms with Crippen LogP contribution in [0.4, 0.5) is 13.2 Å². The second-order valence-corrected chi connectivity index (χ2v) is 6.40. The molecule has 2 bridgehead atoms. The summed E-state index contributed by atoms with van der Waals surface area (Å²) in [6, 6.07) is 6.91. The normalized spacial score (nSPS) is 29.7. The number of likely N-dealkylation sites (N-methyl/N-ethyl adjacent to an activating group) is 1. The van der Waals surface area contributed by atoms with Gasteiger partial charge in [-0.25, -0.2) is 4.79 Å². The second kappa shape index (κ2) is 6.15. The maximum absolute atomic E-state index is 12.2. The number of halogens is 3. The Morgan fingerprint density at radius 2 is 1.87 bits per heavy atom. The van der Waals surface area contributed by atoms with E-state index in [1.165, 1.54) is 31.4 Å². The van der Waals surface area contributed by atoms with Crippen LogP contribution in [-0.2, 0) is 4.79 Å². The van der Waals surface area contributed by atoms with Gasteiger partial charge in [0.2, 0.25) is 0 Å². The number of alkyl halides is 3. The van der Waals surface area contributed by atoms with E-state index < -0.39 is 12.1 Å². The Kier molecular flexibility index (Phi) is 4.36. The highest BCUT2D eigenvalue weighted by Crippen LogP contribution is 2.53. The van der Waals surface area contributed by atoms with Gasteiger partial charge in [0.05, 0.1) is 0 Å². The van der Waals surface area contributed by atoms with Crippen LogP contribution in [0.25, 0.3) is 0 Å². The number of esters is 1. The van der Waals surface area contributed by atoms with Crippen molar-refractivity contribution >= 4 is 5.97 Å². The summed E-state index contributed by atoms with van der Waals surface area (Å²) >= 11 is 0. The molecule has 1 N–H and O–H groups in total. The summed E-state index contributed by atoms with van der Waals surface area (Å²) in [5, 5.41) is 3.56. The van der Waals surface area contributed by atoms with Gasteiger partial charge in [0.25, 0.3) is 0 Å². The van der Waals surface area contributed by atoms with Gasteiger partial charge in [0.1, 0.15) is 5.75 Å². The lowest BCUT2D eigenvalue weighted by atomic mass is 9.80. The van der Waals surface area contributed by atoms with Crippen molar-refractivity contribution < 1.29 is 22.7 Å². The molecular formula is C17H20F3NO2. The van der Waals surface area contributed by atoms with E-state index in [4.69, 9.17) is 0 Å². The van der Waals surface area contributed by atoms with Crippen LogP contribution in [0, 0.1) is 11.8 Å². The third-order valence-corrected chi connectivity index (χ3v) is 5.06. The summed E-state index contributed by atoms with van der Waals surface area (Å²) in [5.74, 6) is -0.545. The molecule has 0 amide bonds. The second-order valence-electron chi connectivity index (χ2n) is 6.40. The fourth-order valence-electron chi connectivity index (χ4n) is 4.22. The zero-order valence-corrected chi connectivity index (χ0v) is 12.9. The van der Waals surface area contributed by atoms with Crippen molar-refractivity contribution in [1.29, 1.82) is 0 Å². The van der Waals surface area contributed by atoms with E-state index in [-0.39, 0.29) is 5.75 Å². The molecule has 23 heavy (non-hydrogen) atoms. The van der Waals surface area contributed by atoms with Crippen molar-refractivity contribution in [2.24, 2.45) is 11.8 Å². The summed E-state index contributed by atoms with van der Waals surface area (Å²) < 4.78 is 41.0. The number of fused-ring (bicyclic) bond motifs is 2. The molecule has 2 aliphatic carbocycles. The van der Waals surface area contributed by atoms with Gasteiger partial charge in [0.15, 0.2) is 0 Å². The van der Waals surface area contributed by atoms with Crippen LogP contribution in [0.2, 0.25) is 0 Å². The molecule has 0 aromatic heterocycles. The SMILES string of the molecule is CCNC1C2CCC(C2)C1c1ccc(OC(=O)C(F)(F)F)cc1. The first kappa shape index (κ1) is 16.3.